The predicted molar refractivity (Wildman–Crippen MR) is 75.1 cm³/mol. The van der Waals surface area contributed by atoms with Crippen molar-refractivity contribution in [2.75, 3.05) is 40.5 Å². The Morgan fingerprint density at radius 1 is 1.26 bits per heavy atom. The second-order valence-electron chi connectivity index (χ2n) is 4.34. The number of nitrogens with zero attached hydrogens (tertiary/aromatic N) is 1. The van der Waals surface area contributed by atoms with Crippen LogP contribution in [0.1, 0.15) is 11.1 Å². The molecule has 0 radical (unpaired) electrons. The van der Waals surface area contributed by atoms with Gasteiger partial charge in [0, 0.05) is 38.9 Å². The van der Waals surface area contributed by atoms with Crippen LogP contribution in [0, 0.1) is 0 Å². The highest BCUT2D eigenvalue weighted by Crippen LogP contribution is 2.20. The first kappa shape index (κ1) is 15.9. The largest absolute Gasteiger partial charge is 0.496 e. The Morgan fingerprint density at radius 3 is 2.63 bits per heavy atom. The van der Waals surface area contributed by atoms with Crippen LogP contribution in [0.25, 0.3) is 0 Å². The highest BCUT2D eigenvalue weighted by Gasteiger charge is 2.08. The zero-order valence-electron chi connectivity index (χ0n) is 11.8. The summed E-state index contributed by atoms with van der Waals surface area (Å²) >= 11 is 0. The molecule has 0 amide bonds. The highest BCUT2D eigenvalue weighted by molar-refractivity contribution is 5.37. The van der Waals surface area contributed by atoms with Gasteiger partial charge in [0.15, 0.2) is 0 Å². The lowest BCUT2D eigenvalue weighted by Crippen LogP contribution is -2.29. The minimum Gasteiger partial charge on any atom is -0.496 e. The number of benzene rings is 1. The van der Waals surface area contributed by atoms with Crippen LogP contribution in [-0.2, 0) is 17.8 Å². The molecule has 0 fully saturated rings. The van der Waals surface area contributed by atoms with Gasteiger partial charge in [-0.25, -0.2) is 0 Å². The fraction of sp³-hybridized carbons (Fsp3) is 0.571. The van der Waals surface area contributed by atoms with Gasteiger partial charge < -0.3 is 20.3 Å². The van der Waals surface area contributed by atoms with Crippen molar-refractivity contribution >= 4 is 0 Å². The molecule has 0 aliphatic carbocycles. The van der Waals surface area contributed by atoms with E-state index in [9.17, 15) is 0 Å². The molecule has 1 aromatic carbocycles. The lowest BCUT2D eigenvalue weighted by Gasteiger charge is -2.21. The summed E-state index contributed by atoms with van der Waals surface area (Å²) in [6.07, 6.45) is 0. The molecular weight excluding hydrogens is 244 g/mol. The molecule has 0 atom stereocenters. The molecule has 3 N–H and O–H groups in total. The topological polar surface area (TPSA) is 68.0 Å². The van der Waals surface area contributed by atoms with Crippen molar-refractivity contribution in [3.05, 3.63) is 29.3 Å². The Hall–Kier alpha value is -1.14. The Labute approximate surface area is 114 Å². The van der Waals surface area contributed by atoms with Crippen molar-refractivity contribution in [2.24, 2.45) is 5.73 Å². The van der Waals surface area contributed by atoms with Crippen molar-refractivity contribution in [1.29, 1.82) is 0 Å². The number of rotatable bonds is 9. The Bertz CT molecular complexity index is 372. The minimum absolute atomic E-state index is 0.141. The lowest BCUT2D eigenvalue weighted by atomic mass is 10.1. The standard InChI is InChI=1S/C14H24N2O3/c1-18-8-6-16(5-7-17)11-12-3-4-13(10-15)14(9-12)19-2/h3-4,9,17H,5-8,10-11,15H2,1-2H3. The van der Waals surface area contributed by atoms with E-state index >= 15 is 0 Å². The summed E-state index contributed by atoms with van der Waals surface area (Å²) in [6.45, 7) is 3.43. The van der Waals surface area contributed by atoms with Gasteiger partial charge in [0.2, 0.25) is 0 Å². The maximum Gasteiger partial charge on any atom is 0.123 e. The third-order valence-electron chi connectivity index (χ3n) is 3.01. The molecular formula is C14H24N2O3. The summed E-state index contributed by atoms with van der Waals surface area (Å²) in [5.74, 6) is 0.815. The fourth-order valence-electron chi connectivity index (χ4n) is 1.95. The molecule has 0 aliphatic rings. The van der Waals surface area contributed by atoms with Crippen molar-refractivity contribution < 1.29 is 14.6 Å². The van der Waals surface area contributed by atoms with Crippen molar-refractivity contribution in [3.63, 3.8) is 0 Å². The van der Waals surface area contributed by atoms with Gasteiger partial charge >= 0.3 is 0 Å². The summed E-state index contributed by atoms with van der Waals surface area (Å²) in [6, 6.07) is 6.03. The maximum atomic E-state index is 9.07. The van der Waals surface area contributed by atoms with Gasteiger partial charge in [-0.2, -0.15) is 0 Å². The maximum absolute atomic E-state index is 9.07. The lowest BCUT2D eigenvalue weighted by molar-refractivity contribution is 0.127. The van der Waals surface area contributed by atoms with Crippen LogP contribution < -0.4 is 10.5 Å². The summed E-state index contributed by atoms with van der Waals surface area (Å²) in [5, 5.41) is 9.07. The van der Waals surface area contributed by atoms with E-state index in [1.54, 1.807) is 14.2 Å². The van der Waals surface area contributed by atoms with Crippen LogP contribution in [0.5, 0.6) is 5.75 Å². The van der Waals surface area contributed by atoms with Gasteiger partial charge in [0.1, 0.15) is 5.75 Å². The molecule has 5 nitrogen and oxygen atoms in total. The van der Waals surface area contributed by atoms with Crippen molar-refractivity contribution in [3.8, 4) is 5.75 Å². The van der Waals surface area contributed by atoms with E-state index in [0.29, 0.717) is 19.7 Å². The zero-order chi connectivity index (χ0) is 14.1. The number of nitrogens with two attached hydrogens (primary N) is 1. The molecule has 5 heteroatoms. The fourth-order valence-corrected chi connectivity index (χ4v) is 1.95. The zero-order valence-corrected chi connectivity index (χ0v) is 11.8. The van der Waals surface area contributed by atoms with Crippen molar-refractivity contribution in [2.45, 2.75) is 13.1 Å². The summed E-state index contributed by atoms with van der Waals surface area (Å²) in [5.41, 5.74) is 7.79. The molecule has 0 aromatic heterocycles. The number of methoxy groups -OCH3 is 2. The average molecular weight is 268 g/mol. The Balaban J connectivity index is 2.72. The van der Waals surface area contributed by atoms with Crippen molar-refractivity contribution in [1.82, 2.24) is 4.90 Å². The smallest absolute Gasteiger partial charge is 0.123 e. The monoisotopic (exact) mass is 268 g/mol. The van der Waals surface area contributed by atoms with E-state index in [4.69, 9.17) is 20.3 Å². The molecule has 0 saturated carbocycles. The number of aliphatic hydroxyl groups excluding tert-OH is 1. The molecule has 0 heterocycles. The molecule has 0 spiro atoms. The predicted octanol–water partition coefficient (Wildman–Crippen LogP) is 0.595. The molecule has 0 bridgehead atoms. The number of aliphatic hydroxyl groups is 1. The second-order valence-corrected chi connectivity index (χ2v) is 4.34. The second kappa shape index (κ2) is 8.87. The molecule has 1 aromatic rings. The van der Waals surface area contributed by atoms with Crippen LogP contribution in [-0.4, -0.2) is 50.5 Å². The summed E-state index contributed by atoms with van der Waals surface area (Å²) in [4.78, 5) is 2.14. The van der Waals surface area contributed by atoms with Gasteiger partial charge in [0.25, 0.3) is 0 Å². The van der Waals surface area contributed by atoms with Gasteiger partial charge in [-0.05, 0) is 11.6 Å². The van der Waals surface area contributed by atoms with Crippen LogP contribution in [0.15, 0.2) is 18.2 Å². The van der Waals surface area contributed by atoms with Gasteiger partial charge in [-0.15, -0.1) is 0 Å². The van der Waals surface area contributed by atoms with E-state index in [-0.39, 0.29) is 6.61 Å². The van der Waals surface area contributed by atoms with E-state index in [0.717, 1.165) is 30.0 Å². The Morgan fingerprint density at radius 2 is 2.05 bits per heavy atom. The quantitative estimate of drug-likeness (QED) is 0.686. The molecule has 0 saturated heterocycles. The van der Waals surface area contributed by atoms with Crippen LogP contribution in [0.4, 0.5) is 0 Å². The number of hydrogen-bond donors (Lipinski definition) is 2. The third-order valence-corrected chi connectivity index (χ3v) is 3.01. The van der Waals surface area contributed by atoms with E-state index in [1.807, 2.05) is 18.2 Å². The third kappa shape index (κ3) is 5.16. The van der Waals surface area contributed by atoms with Crippen LogP contribution in [0.3, 0.4) is 0 Å². The molecule has 0 unspecified atom stereocenters. The van der Waals surface area contributed by atoms with Gasteiger partial charge in [0.05, 0.1) is 20.3 Å². The molecule has 108 valence electrons. The first-order valence-electron chi connectivity index (χ1n) is 6.43. The molecule has 19 heavy (non-hydrogen) atoms. The molecule has 0 aliphatic heterocycles. The van der Waals surface area contributed by atoms with Gasteiger partial charge in [-0.1, -0.05) is 12.1 Å². The first-order valence-corrected chi connectivity index (χ1v) is 6.43. The van der Waals surface area contributed by atoms with E-state index in [2.05, 4.69) is 4.90 Å². The SMILES string of the molecule is COCCN(CCO)Cc1ccc(CN)c(OC)c1. The van der Waals surface area contributed by atoms with E-state index < -0.39 is 0 Å². The number of hydrogen-bond acceptors (Lipinski definition) is 5. The highest BCUT2D eigenvalue weighted by atomic mass is 16.5. The number of ether oxygens (including phenoxy) is 2. The minimum atomic E-state index is 0.141. The van der Waals surface area contributed by atoms with Gasteiger partial charge in [-0.3, -0.25) is 4.90 Å². The van der Waals surface area contributed by atoms with E-state index in [1.165, 1.54) is 0 Å². The first-order chi connectivity index (χ1) is 9.24. The summed E-state index contributed by atoms with van der Waals surface area (Å²) < 4.78 is 10.4. The summed E-state index contributed by atoms with van der Waals surface area (Å²) in [7, 11) is 3.32. The van der Waals surface area contributed by atoms with Crippen LogP contribution in [0.2, 0.25) is 0 Å². The Kier molecular flexibility index (Phi) is 7.43. The normalized spacial score (nSPS) is 11.0. The average Bonchev–Trinajstić information content (AvgIpc) is 2.44. The molecule has 1 rings (SSSR count). The van der Waals surface area contributed by atoms with Crippen LogP contribution >= 0.6 is 0 Å².